The molecule has 2 fully saturated rings. The first-order valence-corrected chi connectivity index (χ1v) is 11.5. The van der Waals surface area contributed by atoms with E-state index in [2.05, 4.69) is 58.0 Å². The highest BCUT2D eigenvalue weighted by Gasteiger charge is 2.24. The highest BCUT2D eigenvalue weighted by atomic mass is 16.2. The summed E-state index contributed by atoms with van der Waals surface area (Å²) in [7, 11) is 0. The van der Waals surface area contributed by atoms with E-state index in [9.17, 15) is 4.79 Å². The predicted molar refractivity (Wildman–Crippen MR) is 133 cm³/mol. The van der Waals surface area contributed by atoms with Crippen LogP contribution in [0.25, 0.3) is 0 Å². The number of carbonyl (C=O) groups is 1. The molecule has 0 saturated carbocycles. The van der Waals surface area contributed by atoms with Crippen molar-refractivity contribution in [2.45, 2.75) is 27.3 Å². The minimum atomic E-state index is 0.149. The van der Waals surface area contributed by atoms with Gasteiger partial charge in [0.25, 0.3) is 5.91 Å². The molecule has 0 aliphatic carbocycles. The second kappa shape index (κ2) is 11.1. The van der Waals surface area contributed by atoms with Crippen LogP contribution in [0.5, 0.6) is 0 Å². The van der Waals surface area contributed by atoms with Crippen molar-refractivity contribution in [3.63, 3.8) is 0 Å². The van der Waals surface area contributed by atoms with Gasteiger partial charge in [0.2, 0.25) is 0 Å². The Kier molecular flexibility index (Phi) is 8.28. The molecule has 32 heavy (non-hydrogen) atoms. The van der Waals surface area contributed by atoms with Crippen LogP contribution in [0.1, 0.15) is 35.3 Å². The summed E-state index contributed by atoms with van der Waals surface area (Å²) in [6.07, 6.45) is 5.45. The molecule has 2 aliphatic rings. The van der Waals surface area contributed by atoms with Crippen LogP contribution in [-0.2, 0) is 6.54 Å². The van der Waals surface area contributed by atoms with E-state index in [1.807, 2.05) is 30.9 Å². The van der Waals surface area contributed by atoms with Gasteiger partial charge in [0.1, 0.15) is 5.84 Å². The number of carbonyl (C=O) groups excluding carboxylic acids is 1. The molecule has 2 heterocycles. The van der Waals surface area contributed by atoms with E-state index >= 15 is 0 Å². The van der Waals surface area contributed by atoms with Crippen molar-refractivity contribution in [2.24, 2.45) is 4.99 Å². The highest BCUT2D eigenvalue weighted by molar-refractivity contribution is 5.96. The standard InChI is InChI=1S/C26H37N5O/c1-6-8-22(4)29-15-17-31(18-16-29)26(32)25-19-24(10-9-21(25)3)20-28-11-13-30(14-12-28)23(5)27-7-2/h6-10,19H,1-2,11-18,20H2,3-5H3/b22-8+,27-23?. The molecule has 6 nitrogen and oxygen atoms in total. The molecule has 1 amide bonds. The third kappa shape index (κ3) is 5.88. The first-order chi connectivity index (χ1) is 15.4. The minimum Gasteiger partial charge on any atom is -0.371 e. The number of amidine groups is 1. The topological polar surface area (TPSA) is 42.4 Å². The van der Waals surface area contributed by atoms with E-state index in [-0.39, 0.29) is 5.91 Å². The average Bonchev–Trinajstić information content (AvgIpc) is 2.81. The Morgan fingerprint density at radius 3 is 2.22 bits per heavy atom. The predicted octanol–water partition coefficient (Wildman–Crippen LogP) is 3.52. The Hall–Kier alpha value is -2.86. The number of hydrogen-bond donors (Lipinski definition) is 0. The van der Waals surface area contributed by atoms with Gasteiger partial charge in [0, 0.05) is 76.4 Å². The molecule has 3 rings (SSSR count). The molecule has 1 aromatic carbocycles. The Bertz CT molecular complexity index is 887. The van der Waals surface area contributed by atoms with Gasteiger partial charge in [-0.3, -0.25) is 9.69 Å². The van der Waals surface area contributed by atoms with Crippen LogP contribution in [0, 0.1) is 6.92 Å². The Morgan fingerprint density at radius 1 is 0.969 bits per heavy atom. The van der Waals surface area contributed by atoms with Gasteiger partial charge >= 0.3 is 0 Å². The Labute approximate surface area is 193 Å². The summed E-state index contributed by atoms with van der Waals surface area (Å²) in [5.74, 6) is 1.17. The first-order valence-electron chi connectivity index (χ1n) is 11.5. The van der Waals surface area contributed by atoms with Gasteiger partial charge in [-0.25, -0.2) is 4.99 Å². The number of hydrogen-bond acceptors (Lipinski definition) is 4. The Balaban J connectivity index is 1.60. The molecule has 0 spiro atoms. The second-order valence-electron chi connectivity index (χ2n) is 8.59. The minimum absolute atomic E-state index is 0.149. The number of aryl methyl sites for hydroxylation is 1. The summed E-state index contributed by atoms with van der Waals surface area (Å²) in [5, 5.41) is 0. The van der Waals surface area contributed by atoms with Crippen molar-refractivity contribution in [1.29, 1.82) is 0 Å². The zero-order chi connectivity index (χ0) is 23.1. The number of nitrogens with zero attached hydrogens (tertiary/aromatic N) is 5. The lowest BCUT2D eigenvalue weighted by molar-refractivity contribution is 0.0668. The van der Waals surface area contributed by atoms with Gasteiger partial charge in [-0.05, 0) is 44.0 Å². The maximum Gasteiger partial charge on any atom is 0.254 e. The number of aliphatic imine (C=N–C) groups is 1. The van der Waals surface area contributed by atoms with Crippen LogP contribution in [0.4, 0.5) is 0 Å². The molecule has 0 unspecified atom stereocenters. The molecular weight excluding hydrogens is 398 g/mol. The number of amides is 1. The van der Waals surface area contributed by atoms with Gasteiger partial charge in [-0.15, -0.1) is 0 Å². The smallest absolute Gasteiger partial charge is 0.254 e. The van der Waals surface area contributed by atoms with Gasteiger partial charge in [-0.1, -0.05) is 31.4 Å². The molecule has 0 aromatic heterocycles. The lowest BCUT2D eigenvalue weighted by Crippen LogP contribution is -2.48. The summed E-state index contributed by atoms with van der Waals surface area (Å²) < 4.78 is 0. The molecule has 0 atom stereocenters. The summed E-state index contributed by atoms with van der Waals surface area (Å²) in [6, 6.07) is 6.35. The molecule has 0 bridgehead atoms. The van der Waals surface area contributed by atoms with Crippen molar-refractivity contribution in [2.75, 3.05) is 52.4 Å². The molecular formula is C26H37N5O. The fraction of sp³-hybridized carbons (Fsp3) is 0.462. The maximum atomic E-state index is 13.3. The molecule has 2 saturated heterocycles. The lowest BCUT2D eigenvalue weighted by atomic mass is 10.0. The van der Waals surface area contributed by atoms with Crippen molar-refractivity contribution >= 4 is 11.7 Å². The normalized spacial score (nSPS) is 18.7. The number of piperazine rings is 2. The van der Waals surface area contributed by atoms with Crippen LogP contribution in [0.15, 0.2) is 60.4 Å². The van der Waals surface area contributed by atoms with Gasteiger partial charge in [-0.2, -0.15) is 0 Å². The monoisotopic (exact) mass is 435 g/mol. The van der Waals surface area contributed by atoms with Crippen LogP contribution in [0.3, 0.4) is 0 Å². The van der Waals surface area contributed by atoms with Crippen LogP contribution in [-0.4, -0.2) is 83.7 Å². The maximum absolute atomic E-state index is 13.3. The van der Waals surface area contributed by atoms with E-state index in [0.29, 0.717) is 0 Å². The zero-order valence-electron chi connectivity index (χ0n) is 19.9. The van der Waals surface area contributed by atoms with Crippen LogP contribution in [0.2, 0.25) is 0 Å². The molecule has 1 aromatic rings. The van der Waals surface area contributed by atoms with Crippen molar-refractivity contribution in [1.82, 2.24) is 19.6 Å². The fourth-order valence-electron chi connectivity index (χ4n) is 4.41. The lowest BCUT2D eigenvalue weighted by Gasteiger charge is -2.37. The first kappa shape index (κ1) is 23.8. The van der Waals surface area contributed by atoms with E-state index in [0.717, 1.165) is 75.9 Å². The molecule has 172 valence electrons. The van der Waals surface area contributed by atoms with Gasteiger partial charge in [0.15, 0.2) is 0 Å². The SMILES string of the molecule is C=C/C=C(\C)N1CCN(C(=O)c2cc(CN3CCN(C(C)=NC=C)CC3)ccc2C)CC1. The highest BCUT2D eigenvalue weighted by Crippen LogP contribution is 2.18. The van der Waals surface area contributed by atoms with Gasteiger partial charge < -0.3 is 14.7 Å². The zero-order valence-corrected chi connectivity index (χ0v) is 19.9. The van der Waals surface area contributed by atoms with Crippen LogP contribution >= 0.6 is 0 Å². The second-order valence-corrected chi connectivity index (χ2v) is 8.59. The average molecular weight is 436 g/mol. The molecule has 0 N–H and O–H groups in total. The third-order valence-corrected chi connectivity index (χ3v) is 6.47. The largest absolute Gasteiger partial charge is 0.371 e. The molecule has 0 radical (unpaired) electrons. The molecule has 2 aliphatic heterocycles. The number of benzene rings is 1. The van der Waals surface area contributed by atoms with Crippen LogP contribution < -0.4 is 0 Å². The summed E-state index contributed by atoms with van der Waals surface area (Å²) in [6.45, 7) is 21.6. The summed E-state index contributed by atoms with van der Waals surface area (Å²) >= 11 is 0. The quantitative estimate of drug-likeness (QED) is 0.390. The van der Waals surface area contributed by atoms with Crippen molar-refractivity contribution in [3.8, 4) is 0 Å². The third-order valence-electron chi connectivity index (χ3n) is 6.47. The van der Waals surface area contributed by atoms with E-state index in [4.69, 9.17) is 0 Å². The number of allylic oxidation sites excluding steroid dienone is 3. The van der Waals surface area contributed by atoms with E-state index in [1.54, 1.807) is 6.20 Å². The van der Waals surface area contributed by atoms with E-state index < -0.39 is 0 Å². The summed E-state index contributed by atoms with van der Waals surface area (Å²) in [5.41, 5.74) is 4.29. The van der Waals surface area contributed by atoms with Crippen molar-refractivity contribution in [3.05, 3.63) is 72.1 Å². The Morgan fingerprint density at radius 2 is 1.59 bits per heavy atom. The van der Waals surface area contributed by atoms with Gasteiger partial charge in [0.05, 0.1) is 0 Å². The number of rotatable bonds is 6. The van der Waals surface area contributed by atoms with E-state index in [1.165, 1.54) is 11.3 Å². The summed E-state index contributed by atoms with van der Waals surface area (Å²) in [4.78, 5) is 26.6. The van der Waals surface area contributed by atoms with Crippen molar-refractivity contribution < 1.29 is 4.79 Å². The fourth-order valence-corrected chi connectivity index (χ4v) is 4.41. The molecule has 6 heteroatoms.